The van der Waals surface area contributed by atoms with Crippen LogP contribution < -0.4 is 0 Å². The number of hydrogen-bond donors (Lipinski definition) is 0. The maximum absolute atomic E-state index is 12.5. The Bertz CT molecular complexity index is 753. The molecule has 4 atom stereocenters. The molecule has 3 heterocycles. The molecule has 26 heavy (non-hydrogen) atoms. The van der Waals surface area contributed by atoms with Gasteiger partial charge in [-0.25, -0.2) is 0 Å². The van der Waals surface area contributed by atoms with Crippen LogP contribution in [0.15, 0.2) is 36.4 Å². The number of rotatable bonds is 4. The first-order valence-electron chi connectivity index (χ1n) is 8.49. The first-order chi connectivity index (χ1) is 12.3. The van der Waals surface area contributed by atoms with Crippen LogP contribution in [0.5, 0.6) is 0 Å². The smallest absolute Gasteiger partial charge is 0.261 e. The van der Waals surface area contributed by atoms with Crippen LogP contribution in [0.4, 0.5) is 0 Å². The second kappa shape index (κ2) is 5.99. The van der Waals surface area contributed by atoms with Gasteiger partial charge in [0, 0.05) is 7.11 Å². The molecular formula is C19H21NO6. The van der Waals surface area contributed by atoms with Crippen molar-refractivity contribution < 1.29 is 28.5 Å². The van der Waals surface area contributed by atoms with Gasteiger partial charge in [0.1, 0.15) is 18.3 Å². The van der Waals surface area contributed by atoms with Gasteiger partial charge in [-0.2, -0.15) is 0 Å². The molecule has 2 saturated heterocycles. The average molecular weight is 359 g/mol. The van der Waals surface area contributed by atoms with Gasteiger partial charge in [0.25, 0.3) is 11.8 Å². The molecule has 0 saturated carbocycles. The number of ether oxygens (including phenoxy) is 4. The van der Waals surface area contributed by atoms with Crippen molar-refractivity contribution in [1.82, 2.24) is 4.90 Å². The van der Waals surface area contributed by atoms with Crippen LogP contribution in [0.2, 0.25) is 0 Å². The first kappa shape index (κ1) is 17.4. The van der Waals surface area contributed by atoms with Crippen LogP contribution >= 0.6 is 0 Å². The molecule has 2 amide bonds. The Balaban J connectivity index is 1.50. The Hall–Kier alpha value is -2.06. The van der Waals surface area contributed by atoms with E-state index in [1.165, 1.54) is 4.90 Å². The molecule has 0 spiro atoms. The van der Waals surface area contributed by atoms with E-state index in [-0.39, 0.29) is 24.5 Å². The summed E-state index contributed by atoms with van der Waals surface area (Å²) in [6.45, 7) is 7.71. The molecule has 2 fully saturated rings. The fourth-order valence-corrected chi connectivity index (χ4v) is 3.74. The highest BCUT2D eigenvalue weighted by Gasteiger charge is 2.56. The molecule has 4 rings (SSSR count). The zero-order chi connectivity index (χ0) is 18.6. The quantitative estimate of drug-likeness (QED) is 0.602. The summed E-state index contributed by atoms with van der Waals surface area (Å²) in [5, 5.41) is 0. The molecule has 3 aliphatic rings. The Labute approximate surface area is 151 Å². The zero-order valence-electron chi connectivity index (χ0n) is 14.9. The Morgan fingerprint density at radius 3 is 2.38 bits per heavy atom. The molecule has 0 aromatic heterocycles. The number of amides is 2. The summed E-state index contributed by atoms with van der Waals surface area (Å²) >= 11 is 0. The molecule has 0 radical (unpaired) electrons. The highest BCUT2D eigenvalue weighted by Crippen LogP contribution is 2.40. The summed E-state index contributed by atoms with van der Waals surface area (Å²) in [6.07, 6.45) is -1.92. The van der Waals surface area contributed by atoms with Crippen molar-refractivity contribution in [2.45, 2.75) is 44.2 Å². The molecule has 0 unspecified atom stereocenters. The second-order valence-electron chi connectivity index (χ2n) is 7.13. The minimum atomic E-state index is -0.749. The fraction of sp³-hybridized carbons (Fsp3) is 0.474. The van der Waals surface area contributed by atoms with Gasteiger partial charge in [0.2, 0.25) is 0 Å². The molecule has 0 aliphatic carbocycles. The number of fused-ring (bicyclic) bond motifs is 2. The van der Waals surface area contributed by atoms with E-state index in [1.807, 2.05) is 13.8 Å². The normalized spacial score (nSPS) is 32.0. The number of imide groups is 1. The van der Waals surface area contributed by atoms with Crippen LogP contribution in [0.25, 0.3) is 0 Å². The first-order valence-corrected chi connectivity index (χ1v) is 8.49. The number of nitrogens with zero attached hydrogens (tertiary/aromatic N) is 1. The van der Waals surface area contributed by atoms with E-state index < -0.39 is 24.3 Å². The standard InChI is InChI=1S/C19H21NO6/c1-10(9-20-16(21)11-7-5-6-8-12(11)17(20)22)13-14(23-4)15-18(24-13)26-19(2,3)25-15/h5-8,13-15,18H,1,9H2,2-4H3/t13-,14+,15-,18-/m1/s1. The lowest BCUT2D eigenvalue weighted by atomic mass is 10.0. The highest BCUT2D eigenvalue weighted by atomic mass is 16.8. The van der Waals surface area contributed by atoms with Crippen molar-refractivity contribution in [3.05, 3.63) is 47.5 Å². The van der Waals surface area contributed by atoms with Gasteiger partial charge in [-0.3, -0.25) is 14.5 Å². The Morgan fingerprint density at radius 1 is 1.19 bits per heavy atom. The van der Waals surface area contributed by atoms with Crippen LogP contribution in [0, 0.1) is 0 Å². The van der Waals surface area contributed by atoms with E-state index >= 15 is 0 Å². The second-order valence-corrected chi connectivity index (χ2v) is 7.13. The lowest BCUT2D eigenvalue weighted by molar-refractivity contribution is -0.212. The summed E-state index contributed by atoms with van der Waals surface area (Å²) in [4.78, 5) is 26.2. The van der Waals surface area contributed by atoms with Crippen molar-refractivity contribution in [2.75, 3.05) is 13.7 Å². The van der Waals surface area contributed by atoms with E-state index in [4.69, 9.17) is 18.9 Å². The average Bonchev–Trinajstić information content (AvgIpc) is 3.16. The van der Waals surface area contributed by atoms with Gasteiger partial charge in [0.15, 0.2) is 12.1 Å². The Morgan fingerprint density at radius 2 is 1.81 bits per heavy atom. The molecule has 7 heteroatoms. The molecule has 7 nitrogen and oxygen atoms in total. The molecule has 0 N–H and O–H groups in total. The third-order valence-electron chi connectivity index (χ3n) is 4.90. The number of hydrogen-bond acceptors (Lipinski definition) is 6. The maximum atomic E-state index is 12.5. The van der Waals surface area contributed by atoms with E-state index in [9.17, 15) is 9.59 Å². The monoisotopic (exact) mass is 359 g/mol. The lowest BCUT2D eigenvalue weighted by Crippen LogP contribution is -2.40. The minimum absolute atomic E-state index is 0.0553. The zero-order valence-corrected chi connectivity index (χ0v) is 14.9. The van der Waals surface area contributed by atoms with E-state index in [1.54, 1.807) is 31.4 Å². The van der Waals surface area contributed by atoms with Crippen molar-refractivity contribution >= 4 is 11.8 Å². The summed E-state index contributed by atoms with van der Waals surface area (Å²) in [7, 11) is 1.56. The van der Waals surface area contributed by atoms with Crippen molar-refractivity contribution in [3.63, 3.8) is 0 Å². The molecule has 0 bridgehead atoms. The van der Waals surface area contributed by atoms with Gasteiger partial charge >= 0.3 is 0 Å². The third-order valence-corrected chi connectivity index (χ3v) is 4.90. The summed E-state index contributed by atoms with van der Waals surface area (Å²) in [5.74, 6) is -1.40. The van der Waals surface area contributed by atoms with Crippen molar-refractivity contribution in [2.24, 2.45) is 0 Å². The summed E-state index contributed by atoms with van der Waals surface area (Å²) in [6, 6.07) is 6.77. The molecule has 138 valence electrons. The molecular weight excluding hydrogens is 338 g/mol. The molecule has 1 aromatic carbocycles. The molecule has 3 aliphatic heterocycles. The minimum Gasteiger partial charge on any atom is -0.375 e. The summed E-state index contributed by atoms with van der Waals surface area (Å²) < 4.78 is 23.1. The number of carbonyl (C=O) groups excluding carboxylic acids is 2. The highest BCUT2D eigenvalue weighted by molar-refractivity contribution is 6.21. The summed E-state index contributed by atoms with van der Waals surface area (Å²) in [5.41, 5.74) is 1.38. The largest absolute Gasteiger partial charge is 0.375 e. The van der Waals surface area contributed by atoms with Gasteiger partial charge < -0.3 is 18.9 Å². The van der Waals surface area contributed by atoms with Crippen LogP contribution in [0.1, 0.15) is 34.6 Å². The van der Waals surface area contributed by atoms with Crippen LogP contribution in [-0.4, -0.2) is 60.8 Å². The van der Waals surface area contributed by atoms with Gasteiger partial charge in [0.05, 0.1) is 17.7 Å². The van der Waals surface area contributed by atoms with Gasteiger partial charge in [-0.05, 0) is 31.6 Å². The third kappa shape index (κ3) is 2.59. The SMILES string of the molecule is C=C(CN1C(=O)c2ccccc2C1=O)[C@H]1O[C@@H]2OC(C)(C)O[C@@H]2[C@H]1OC. The van der Waals surface area contributed by atoms with E-state index in [0.717, 1.165) is 0 Å². The lowest BCUT2D eigenvalue weighted by Gasteiger charge is -2.27. The number of methoxy groups -OCH3 is 1. The van der Waals surface area contributed by atoms with Gasteiger partial charge in [-0.15, -0.1) is 0 Å². The van der Waals surface area contributed by atoms with Crippen LogP contribution in [0.3, 0.4) is 0 Å². The Kier molecular flexibility index (Phi) is 4.00. The number of carbonyl (C=O) groups is 2. The van der Waals surface area contributed by atoms with Crippen molar-refractivity contribution in [1.29, 1.82) is 0 Å². The fourth-order valence-electron chi connectivity index (χ4n) is 3.74. The maximum Gasteiger partial charge on any atom is 0.261 e. The van der Waals surface area contributed by atoms with Gasteiger partial charge in [-0.1, -0.05) is 18.7 Å². The van der Waals surface area contributed by atoms with E-state index in [0.29, 0.717) is 16.7 Å². The molecule has 1 aromatic rings. The topological polar surface area (TPSA) is 74.3 Å². The predicted octanol–water partition coefficient (Wildman–Crippen LogP) is 1.73. The van der Waals surface area contributed by atoms with Crippen LogP contribution in [-0.2, 0) is 18.9 Å². The van der Waals surface area contributed by atoms with Crippen molar-refractivity contribution in [3.8, 4) is 0 Å². The predicted molar refractivity (Wildman–Crippen MR) is 90.4 cm³/mol. The van der Waals surface area contributed by atoms with E-state index in [2.05, 4.69) is 6.58 Å². The number of benzene rings is 1.